The van der Waals surface area contributed by atoms with Crippen molar-refractivity contribution in [1.82, 2.24) is 5.32 Å². The summed E-state index contributed by atoms with van der Waals surface area (Å²) >= 11 is 1.90. The second kappa shape index (κ2) is 5.30. The van der Waals surface area contributed by atoms with Crippen LogP contribution >= 0.6 is 11.3 Å². The van der Waals surface area contributed by atoms with Gasteiger partial charge in [0.2, 0.25) is 0 Å². The van der Waals surface area contributed by atoms with E-state index in [9.17, 15) is 5.11 Å². The van der Waals surface area contributed by atoms with E-state index in [-0.39, 0.29) is 6.10 Å². The number of hydrogen-bond acceptors (Lipinski definition) is 3. The van der Waals surface area contributed by atoms with Crippen molar-refractivity contribution in [3.8, 4) is 0 Å². The fourth-order valence-electron chi connectivity index (χ4n) is 2.19. The second-order valence-corrected chi connectivity index (χ2v) is 6.20. The number of rotatable bonds is 4. The molecule has 1 aliphatic rings. The lowest BCUT2D eigenvalue weighted by molar-refractivity contribution is 0.179. The van der Waals surface area contributed by atoms with Crippen molar-refractivity contribution in [2.45, 2.75) is 57.7 Å². The Balaban J connectivity index is 1.80. The summed E-state index contributed by atoms with van der Waals surface area (Å²) in [5, 5.41) is 13.0. The molecule has 1 heterocycles. The van der Waals surface area contributed by atoms with Gasteiger partial charge < -0.3 is 10.4 Å². The lowest BCUT2D eigenvalue weighted by Crippen LogP contribution is -2.25. The van der Waals surface area contributed by atoms with E-state index in [1.807, 2.05) is 11.3 Å². The molecule has 2 rings (SSSR count). The van der Waals surface area contributed by atoms with E-state index in [1.165, 1.54) is 9.75 Å². The van der Waals surface area contributed by atoms with Crippen LogP contribution in [0.15, 0.2) is 12.1 Å². The Hall–Kier alpha value is -0.380. The molecule has 1 aromatic rings. The van der Waals surface area contributed by atoms with Crippen molar-refractivity contribution < 1.29 is 5.11 Å². The smallest absolute Gasteiger partial charge is 0.0555 e. The van der Waals surface area contributed by atoms with Crippen LogP contribution in [0.1, 0.15) is 48.8 Å². The molecule has 1 fully saturated rings. The molecule has 2 N–H and O–H groups in total. The first-order valence-corrected chi connectivity index (χ1v) is 6.97. The minimum atomic E-state index is -0.0768. The van der Waals surface area contributed by atoms with Crippen LogP contribution in [0.3, 0.4) is 0 Å². The van der Waals surface area contributed by atoms with Crippen molar-refractivity contribution >= 4 is 11.3 Å². The van der Waals surface area contributed by atoms with E-state index in [1.54, 1.807) is 0 Å². The molecule has 90 valence electrons. The summed E-state index contributed by atoms with van der Waals surface area (Å²) in [4.78, 5) is 2.87. The minimum absolute atomic E-state index is 0.0768. The van der Waals surface area contributed by atoms with Gasteiger partial charge in [-0.2, -0.15) is 0 Å². The number of aliphatic hydroxyl groups is 1. The van der Waals surface area contributed by atoms with Gasteiger partial charge in [-0.3, -0.25) is 0 Å². The van der Waals surface area contributed by atoms with Gasteiger partial charge in [-0.05, 0) is 37.3 Å². The second-order valence-electron chi connectivity index (χ2n) is 5.00. The Kier molecular flexibility index (Phi) is 4.00. The molecule has 2 unspecified atom stereocenters. The molecule has 1 aliphatic carbocycles. The molecular weight excluding hydrogens is 218 g/mol. The first-order chi connectivity index (χ1) is 7.65. The number of thiophene rings is 1. The SMILES string of the molecule is CC(C)c1ccc(CNC2CCC(O)C2)s1. The maximum Gasteiger partial charge on any atom is 0.0555 e. The Bertz CT molecular complexity index is 334. The number of aliphatic hydroxyl groups excluding tert-OH is 1. The maximum absolute atomic E-state index is 9.44. The van der Waals surface area contributed by atoms with E-state index in [0.717, 1.165) is 25.8 Å². The van der Waals surface area contributed by atoms with Crippen molar-refractivity contribution in [1.29, 1.82) is 0 Å². The summed E-state index contributed by atoms with van der Waals surface area (Å²) in [5.74, 6) is 0.632. The molecular formula is C13H21NOS. The van der Waals surface area contributed by atoms with Gasteiger partial charge in [-0.15, -0.1) is 11.3 Å². The third-order valence-electron chi connectivity index (χ3n) is 3.22. The third-order valence-corrected chi connectivity index (χ3v) is 4.61. The summed E-state index contributed by atoms with van der Waals surface area (Å²) in [6.45, 7) is 5.42. The zero-order valence-electron chi connectivity index (χ0n) is 10.1. The largest absolute Gasteiger partial charge is 0.393 e. The van der Waals surface area contributed by atoms with Gasteiger partial charge in [0, 0.05) is 22.3 Å². The van der Waals surface area contributed by atoms with Gasteiger partial charge in [-0.25, -0.2) is 0 Å². The van der Waals surface area contributed by atoms with E-state index in [2.05, 4.69) is 31.3 Å². The highest BCUT2D eigenvalue weighted by molar-refractivity contribution is 7.12. The van der Waals surface area contributed by atoms with Crippen LogP contribution in [0.2, 0.25) is 0 Å². The van der Waals surface area contributed by atoms with Gasteiger partial charge in [0.05, 0.1) is 6.10 Å². The summed E-state index contributed by atoms with van der Waals surface area (Å²) in [7, 11) is 0. The molecule has 0 radical (unpaired) electrons. The number of hydrogen-bond donors (Lipinski definition) is 2. The topological polar surface area (TPSA) is 32.3 Å². The summed E-state index contributed by atoms with van der Waals surface area (Å²) in [6, 6.07) is 4.97. The Morgan fingerprint density at radius 3 is 2.81 bits per heavy atom. The maximum atomic E-state index is 9.44. The molecule has 3 heteroatoms. The molecule has 0 aliphatic heterocycles. The summed E-state index contributed by atoms with van der Waals surface area (Å²) < 4.78 is 0. The first kappa shape index (κ1) is 12.1. The molecule has 0 aromatic carbocycles. The standard InChI is InChI=1S/C13H21NOS/c1-9(2)13-6-5-12(16-13)8-14-10-3-4-11(15)7-10/h5-6,9-11,14-15H,3-4,7-8H2,1-2H3. The van der Waals surface area contributed by atoms with Crippen LogP contribution < -0.4 is 5.32 Å². The summed E-state index contributed by atoms with van der Waals surface area (Å²) in [5.41, 5.74) is 0. The third kappa shape index (κ3) is 3.06. The molecule has 0 amide bonds. The Morgan fingerprint density at radius 1 is 1.44 bits per heavy atom. The highest BCUT2D eigenvalue weighted by atomic mass is 32.1. The van der Waals surface area contributed by atoms with Crippen molar-refractivity contribution in [3.63, 3.8) is 0 Å². The monoisotopic (exact) mass is 239 g/mol. The van der Waals surface area contributed by atoms with Crippen LogP contribution in [0, 0.1) is 0 Å². The van der Waals surface area contributed by atoms with Crippen molar-refractivity contribution in [2.24, 2.45) is 0 Å². The van der Waals surface area contributed by atoms with Gasteiger partial charge in [-0.1, -0.05) is 13.8 Å². The zero-order valence-corrected chi connectivity index (χ0v) is 10.9. The molecule has 16 heavy (non-hydrogen) atoms. The van der Waals surface area contributed by atoms with Crippen molar-refractivity contribution in [2.75, 3.05) is 0 Å². The molecule has 0 spiro atoms. The first-order valence-electron chi connectivity index (χ1n) is 6.15. The normalized spacial score (nSPS) is 25.5. The van der Waals surface area contributed by atoms with Gasteiger partial charge in [0.1, 0.15) is 0 Å². The zero-order chi connectivity index (χ0) is 11.5. The summed E-state index contributed by atoms with van der Waals surface area (Å²) in [6.07, 6.45) is 2.91. The van der Waals surface area contributed by atoms with Crippen molar-refractivity contribution in [3.05, 3.63) is 21.9 Å². The van der Waals surface area contributed by atoms with Gasteiger partial charge >= 0.3 is 0 Å². The van der Waals surface area contributed by atoms with Crippen LogP contribution in [-0.2, 0) is 6.54 Å². The van der Waals surface area contributed by atoms with Crippen LogP contribution in [-0.4, -0.2) is 17.3 Å². The molecule has 1 aromatic heterocycles. The quantitative estimate of drug-likeness (QED) is 0.847. The molecule has 1 saturated carbocycles. The highest BCUT2D eigenvalue weighted by Gasteiger charge is 2.22. The molecule has 0 saturated heterocycles. The average Bonchev–Trinajstić information content (AvgIpc) is 2.83. The highest BCUT2D eigenvalue weighted by Crippen LogP contribution is 2.25. The van der Waals surface area contributed by atoms with E-state index >= 15 is 0 Å². The Morgan fingerprint density at radius 2 is 2.25 bits per heavy atom. The lowest BCUT2D eigenvalue weighted by Gasteiger charge is -2.10. The fourth-order valence-corrected chi connectivity index (χ4v) is 3.15. The van der Waals surface area contributed by atoms with Crippen LogP contribution in [0.4, 0.5) is 0 Å². The lowest BCUT2D eigenvalue weighted by atomic mass is 10.2. The van der Waals surface area contributed by atoms with Gasteiger partial charge in [0.25, 0.3) is 0 Å². The Labute approximate surface area is 102 Å². The predicted octanol–water partition coefficient (Wildman–Crippen LogP) is 2.87. The molecule has 2 nitrogen and oxygen atoms in total. The number of nitrogens with one attached hydrogen (secondary N) is 1. The van der Waals surface area contributed by atoms with E-state index in [0.29, 0.717) is 12.0 Å². The predicted molar refractivity (Wildman–Crippen MR) is 68.9 cm³/mol. The average molecular weight is 239 g/mol. The molecule has 0 bridgehead atoms. The minimum Gasteiger partial charge on any atom is -0.393 e. The van der Waals surface area contributed by atoms with Crippen LogP contribution in [0.25, 0.3) is 0 Å². The van der Waals surface area contributed by atoms with E-state index < -0.39 is 0 Å². The molecule has 2 atom stereocenters. The van der Waals surface area contributed by atoms with E-state index in [4.69, 9.17) is 0 Å². The van der Waals surface area contributed by atoms with Crippen LogP contribution in [0.5, 0.6) is 0 Å². The fraction of sp³-hybridized carbons (Fsp3) is 0.692. The van der Waals surface area contributed by atoms with Gasteiger partial charge in [0.15, 0.2) is 0 Å².